The Hall–Kier alpha value is -4.11. The van der Waals surface area contributed by atoms with Gasteiger partial charge >= 0.3 is 0 Å². The lowest BCUT2D eigenvalue weighted by Crippen LogP contribution is -2.20. The summed E-state index contributed by atoms with van der Waals surface area (Å²) >= 11 is 1.28. The predicted molar refractivity (Wildman–Crippen MR) is 137 cm³/mol. The van der Waals surface area contributed by atoms with Crippen LogP contribution in [0.25, 0.3) is 17.1 Å². The molecule has 0 radical (unpaired) electrons. The van der Waals surface area contributed by atoms with Crippen LogP contribution in [0.15, 0.2) is 83.1 Å². The van der Waals surface area contributed by atoms with E-state index in [0.29, 0.717) is 28.9 Å². The molecule has 3 aromatic carbocycles. The number of thioether (sulfide) groups is 1. The molecule has 0 aliphatic heterocycles. The molecule has 178 valence electrons. The monoisotopic (exact) mass is 487 g/mol. The second-order valence-corrected chi connectivity index (χ2v) is 8.53. The molecule has 4 aromatic rings. The smallest absolute Gasteiger partial charge is 0.250 e. The fourth-order valence-corrected chi connectivity index (χ4v) is 4.03. The fourth-order valence-electron chi connectivity index (χ4n) is 3.29. The van der Waals surface area contributed by atoms with Gasteiger partial charge in [0.2, 0.25) is 0 Å². The maximum absolute atomic E-state index is 12.4. The summed E-state index contributed by atoms with van der Waals surface area (Å²) < 4.78 is 7.31. The molecule has 2 N–H and O–H groups in total. The lowest BCUT2D eigenvalue weighted by molar-refractivity contribution is -0.118. The van der Waals surface area contributed by atoms with Crippen LogP contribution >= 0.6 is 11.8 Å². The van der Waals surface area contributed by atoms with Gasteiger partial charge < -0.3 is 9.84 Å². The fraction of sp³-hybridized carbons (Fsp3) is 0.154. The number of hydrazone groups is 1. The van der Waals surface area contributed by atoms with Crippen LogP contribution in [0.2, 0.25) is 0 Å². The van der Waals surface area contributed by atoms with Gasteiger partial charge in [0.1, 0.15) is 0 Å². The number of phenolic OH excluding ortho intramolecular Hbond substituents is 1. The number of carbonyl (C=O) groups is 1. The first kappa shape index (κ1) is 24.0. The Labute approximate surface area is 207 Å². The average molecular weight is 488 g/mol. The molecule has 0 aliphatic carbocycles. The van der Waals surface area contributed by atoms with E-state index in [2.05, 4.69) is 20.7 Å². The number of carbonyl (C=O) groups excluding carboxylic acids is 1. The lowest BCUT2D eigenvalue weighted by atomic mass is 10.2. The standard InChI is InChI=1S/C26H25N5O3S/c1-3-34-23-15-19(11-14-22(23)32)16-27-28-24(33)17-35-26-30-29-25(20-7-5-4-6-8-20)31(26)21-12-9-18(2)10-13-21/h4-16,32H,3,17H2,1-2H3,(H,28,33). The third kappa shape index (κ3) is 6.07. The minimum absolute atomic E-state index is 0.0528. The number of rotatable bonds is 9. The third-order valence-corrected chi connectivity index (χ3v) is 5.91. The number of nitrogens with zero attached hydrogens (tertiary/aromatic N) is 4. The van der Waals surface area contributed by atoms with Gasteiger partial charge in [-0.05, 0) is 49.7 Å². The van der Waals surface area contributed by atoms with Crippen molar-refractivity contribution in [2.24, 2.45) is 5.10 Å². The Bertz CT molecular complexity index is 1320. The van der Waals surface area contributed by atoms with E-state index in [4.69, 9.17) is 4.74 Å². The molecule has 4 rings (SSSR count). The summed E-state index contributed by atoms with van der Waals surface area (Å²) in [7, 11) is 0. The molecule has 0 saturated heterocycles. The molecule has 1 amide bonds. The summed E-state index contributed by atoms with van der Waals surface area (Å²) in [5, 5.41) is 23.1. The van der Waals surface area contributed by atoms with Crippen LogP contribution in [-0.4, -0.2) is 44.4 Å². The number of amides is 1. The molecule has 1 heterocycles. The number of benzene rings is 3. The third-order valence-electron chi connectivity index (χ3n) is 4.98. The molecule has 0 fully saturated rings. The maximum Gasteiger partial charge on any atom is 0.250 e. The molecule has 8 nitrogen and oxygen atoms in total. The van der Waals surface area contributed by atoms with Gasteiger partial charge in [-0.15, -0.1) is 10.2 Å². The Morgan fingerprint density at radius 2 is 1.89 bits per heavy atom. The second-order valence-electron chi connectivity index (χ2n) is 7.59. The first-order valence-corrected chi connectivity index (χ1v) is 12.0. The van der Waals surface area contributed by atoms with Crippen molar-refractivity contribution in [3.8, 4) is 28.6 Å². The molecule has 35 heavy (non-hydrogen) atoms. The molecule has 9 heteroatoms. The van der Waals surface area contributed by atoms with Gasteiger partial charge in [0.15, 0.2) is 22.5 Å². The van der Waals surface area contributed by atoms with Crippen LogP contribution in [0.1, 0.15) is 18.1 Å². The Morgan fingerprint density at radius 3 is 2.63 bits per heavy atom. The average Bonchev–Trinajstić information content (AvgIpc) is 3.30. The number of hydrogen-bond acceptors (Lipinski definition) is 7. The number of hydrogen-bond donors (Lipinski definition) is 2. The summed E-state index contributed by atoms with van der Waals surface area (Å²) in [6.45, 7) is 4.30. The molecule has 1 aromatic heterocycles. The van der Waals surface area contributed by atoms with E-state index in [9.17, 15) is 9.90 Å². The summed E-state index contributed by atoms with van der Waals surface area (Å²) in [6.07, 6.45) is 1.49. The molecule has 0 atom stereocenters. The van der Waals surface area contributed by atoms with Crippen molar-refractivity contribution in [3.05, 3.63) is 83.9 Å². The van der Waals surface area contributed by atoms with E-state index in [1.807, 2.05) is 73.0 Å². The zero-order chi connectivity index (χ0) is 24.6. The number of aromatic hydroxyl groups is 1. The van der Waals surface area contributed by atoms with Gasteiger partial charge in [0.25, 0.3) is 5.91 Å². The van der Waals surface area contributed by atoms with E-state index in [-0.39, 0.29) is 17.4 Å². The van der Waals surface area contributed by atoms with E-state index in [0.717, 1.165) is 16.8 Å². The van der Waals surface area contributed by atoms with E-state index >= 15 is 0 Å². The first-order chi connectivity index (χ1) is 17.0. The summed E-state index contributed by atoms with van der Waals surface area (Å²) in [6, 6.07) is 22.7. The Balaban J connectivity index is 1.46. The van der Waals surface area contributed by atoms with Crippen molar-refractivity contribution in [1.29, 1.82) is 0 Å². The van der Waals surface area contributed by atoms with Gasteiger partial charge in [-0.25, -0.2) is 5.43 Å². The highest BCUT2D eigenvalue weighted by molar-refractivity contribution is 7.99. The van der Waals surface area contributed by atoms with Crippen LogP contribution in [0.3, 0.4) is 0 Å². The van der Waals surface area contributed by atoms with Gasteiger partial charge in [-0.3, -0.25) is 9.36 Å². The summed E-state index contributed by atoms with van der Waals surface area (Å²) in [5.74, 6) is 0.943. The Kier molecular flexibility index (Phi) is 7.79. The highest BCUT2D eigenvalue weighted by atomic mass is 32.2. The zero-order valence-electron chi connectivity index (χ0n) is 19.4. The van der Waals surface area contributed by atoms with E-state index < -0.39 is 0 Å². The molecule has 0 spiro atoms. The second kappa shape index (κ2) is 11.3. The van der Waals surface area contributed by atoms with Gasteiger partial charge in [-0.2, -0.15) is 5.10 Å². The highest BCUT2D eigenvalue weighted by Crippen LogP contribution is 2.28. The van der Waals surface area contributed by atoms with Gasteiger partial charge in [-0.1, -0.05) is 59.8 Å². The summed E-state index contributed by atoms with van der Waals surface area (Å²) in [4.78, 5) is 12.4. The van der Waals surface area contributed by atoms with Crippen LogP contribution in [0.5, 0.6) is 11.5 Å². The lowest BCUT2D eigenvalue weighted by Gasteiger charge is -2.10. The van der Waals surface area contributed by atoms with Crippen molar-refractivity contribution in [3.63, 3.8) is 0 Å². The molecular formula is C26H25N5O3S. The SMILES string of the molecule is CCOc1cc(C=NNC(=O)CSc2nnc(-c3ccccc3)n2-c2ccc(C)cc2)ccc1O. The summed E-state index contributed by atoms with van der Waals surface area (Å²) in [5.41, 5.74) is 6.20. The molecule has 0 saturated carbocycles. The van der Waals surface area contributed by atoms with Crippen molar-refractivity contribution in [2.45, 2.75) is 19.0 Å². The van der Waals surface area contributed by atoms with Crippen molar-refractivity contribution < 1.29 is 14.6 Å². The number of nitrogens with one attached hydrogen (secondary N) is 1. The quantitative estimate of drug-likeness (QED) is 0.203. The van der Waals surface area contributed by atoms with Crippen molar-refractivity contribution >= 4 is 23.9 Å². The minimum atomic E-state index is -0.283. The minimum Gasteiger partial charge on any atom is -0.504 e. The van der Waals surface area contributed by atoms with Crippen LogP contribution < -0.4 is 10.2 Å². The number of aryl methyl sites for hydroxylation is 1. The normalized spacial score (nSPS) is 11.0. The highest BCUT2D eigenvalue weighted by Gasteiger charge is 2.17. The Morgan fingerprint density at radius 1 is 1.11 bits per heavy atom. The number of phenols is 1. The molecule has 0 aliphatic rings. The first-order valence-electron chi connectivity index (χ1n) is 11.0. The van der Waals surface area contributed by atoms with Crippen LogP contribution in [0.4, 0.5) is 0 Å². The van der Waals surface area contributed by atoms with Crippen LogP contribution in [0, 0.1) is 6.92 Å². The molecular weight excluding hydrogens is 462 g/mol. The number of aromatic nitrogens is 3. The van der Waals surface area contributed by atoms with Gasteiger partial charge in [0.05, 0.1) is 18.6 Å². The topological polar surface area (TPSA) is 102 Å². The van der Waals surface area contributed by atoms with Crippen molar-refractivity contribution in [2.75, 3.05) is 12.4 Å². The zero-order valence-corrected chi connectivity index (χ0v) is 20.2. The molecule has 0 bridgehead atoms. The van der Waals surface area contributed by atoms with E-state index in [1.165, 1.54) is 24.0 Å². The van der Waals surface area contributed by atoms with Crippen molar-refractivity contribution in [1.82, 2.24) is 20.2 Å². The molecule has 0 unspecified atom stereocenters. The maximum atomic E-state index is 12.4. The van der Waals surface area contributed by atoms with Gasteiger partial charge in [0, 0.05) is 11.3 Å². The largest absolute Gasteiger partial charge is 0.504 e. The predicted octanol–water partition coefficient (Wildman–Crippen LogP) is 4.59. The van der Waals surface area contributed by atoms with E-state index in [1.54, 1.807) is 12.1 Å². The number of ether oxygens (including phenoxy) is 1. The van der Waals surface area contributed by atoms with Crippen LogP contribution in [-0.2, 0) is 4.79 Å².